The first-order chi connectivity index (χ1) is 12.5. The van der Waals surface area contributed by atoms with Crippen LogP contribution in [-0.2, 0) is 16.1 Å². The average molecular weight is 371 g/mol. The van der Waals surface area contributed by atoms with Crippen LogP contribution in [0, 0.1) is 19.3 Å². The Hall–Kier alpha value is -2.90. The van der Waals surface area contributed by atoms with Crippen molar-refractivity contribution in [1.29, 1.82) is 0 Å². The Labute approximate surface area is 158 Å². The third-order valence-corrected chi connectivity index (χ3v) is 3.88. The van der Waals surface area contributed by atoms with Gasteiger partial charge in [-0.05, 0) is 41.8 Å². The lowest BCUT2D eigenvalue weighted by Gasteiger charge is -2.14. The molecule has 2 aromatic rings. The predicted molar refractivity (Wildman–Crippen MR) is 102 cm³/mol. The number of terminal acetylenes is 1. The fourth-order valence-corrected chi connectivity index (χ4v) is 2.50. The fourth-order valence-electron chi connectivity index (χ4n) is 2.22. The van der Waals surface area contributed by atoms with Crippen LogP contribution in [0.1, 0.15) is 16.7 Å². The topological polar surface area (TPSA) is 44.8 Å². The van der Waals surface area contributed by atoms with Crippen LogP contribution < -0.4 is 9.47 Å². The maximum atomic E-state index is 11.5. The van der Waals surface area contributed by atoms with Gasteiger partial charge >= 0.3 is 5.97 Å². The van der Waals surface area contributed by atoms with E-state index < -0.39 is 5.97 Å². The molecule has 0 atom stereocenters. The van der Waals surface area contributed by atoms with Gasteiger partial charge in [-0.3, -0.25) is 0 Å². The smallest absolute Gasteiger partial charge is 0.331 e. The monoisotopic (exact) mass is 370 g/mol. The molecule has 0 aliphatic rings. The third kappa shape index (κ3) is 5.30. The first-order valence-corrected chi connectivity index (χ1v) is 8.26. The minimum absolute atomic E-state index is 0.0705. The van der Waals surface area contributed by atoms with E-state index in [1.54, 1.807) is 18.2 Å². The van der Waals surface area contributed by atoms with Crippen molar-refractivity contribution in [3.05, 3.63) is 64.2 Å². The van der Waals surface area contributed by atoms with E-state index in [4.69, 9.17) is 32.2 Å². The molecule has 2 rings (SSSR count). The summed E-state index contributed by atoms with van der Waals surface area (Å²) in [7, 11) is 1.53. The van der Waals surface area contributed by atoms with Crippen LogP contribution in [0.4, 0.5) is 0 Å². The summed E-state index contributed by atoms with van der Waals surface area (Å²) in [5.74, 6) is 2.62. The summed E-state index contributed by atoms with van der Waals surface area (Å²) in [5.41, 5.74) is 2.87. The molecule has 0 bridgehead atoms. The molecule has 0 saturated heterocycles. The van der Waals surface area contributed by atoms with Crippen LogP contribution >= 0.6 is 11.6 Å². The van der Waals surface area contributed by atoms with Crippen molar-refractivity contribution in [3.63, 3.8) is 0 Å². The highest BCUT2D eigenvalue weighted by Crippen LogP contribution is 2.37. The number of carbonyl (C=O) groups excluding carboxylic acids is 1. The molecule has 0 saturated carbocycles. The molecule has 4 nitrogen and oxygen atoms in total. The van der Waals surface area contributed by atoms with Gasteiger partial charge in [-0.15, -0.1) is 6.42 Å². The quantitative estimate of drug-likeness (QED) is 0.411. The second kappa shape index (κ2) is 9.55. The summed E-state index contributed by atoms with van der Waals surface area (Å²) in [6.07, 6.45) is 7.88. The third-order valence-electron chi connectivity index (χ3n) is 3.59. The zero-order valence-corrected chi connectivity index (χ0v) is 15.4. The molecule has 0 heterocycles. The average Bonchev–Trinajstić information content (AvgIpc) is 2.64. The molecule has 0 aromatic heterocycles. The van der Waals surface area contributed by atoms with E-state index in [-0.39, 0.29) is 6.61 Å². The Bertz CT molecular complexity index is 850. The van der Waals surface area contributed by atoms with E-state index in [1.165, 1.54) is 13.2 Å². The van der Waals surface area contributed by atoms with Crippen LogP contribution in [0.3, 0.4) is 0 Å². The number of benzene rings is 2. The van der Waals surface area contributed by atoms with Crippen molar-refractivity contribution >= 4 is 23.6 Å². The van der Waals surface area contributed by atoms with Crippen LogP contribution in [0.2, 0.25) is 5.02 Å². The predicted octanol–water partition coefficient (Wildman–Crippen LogP) is 4.43. The Morgan fingerprint density at radius 1 is 1.31 bits per heavy atom. The molecule has 5 heteroatoms. The Kier molecular flexibility index (Phi) is 7.13. The summed E-state index contributed by atoms with van der Waals surface area (Å²) in [5, 5.41) is 0.384. The van der Waals surface area contributed by atoms with Gasteiger partial charge in [-0.25, -0.2) is 4.79 Å². The molecular formula is C21H19ClO4. The number of carbonyl (C=O) groups is 1. The zero-order valence-electron chi connectivity index (χ0n) is 14.6. The lowest BCUT2D eigenvalue weighted by atomic mass is 10.1. The lowest BCUT2D eigenvalue weighted by molar-refractivity contribution is -0.136. The number of methoxy groups -OCH3 is 1. The summed E-state index contributed by atoms with van der Waals surface area (Å²) < 4.78 is 16.0. The van der Waals surface area contributed by atoms with Crippen molar-refractivity contribution < 1.29 is 19.0 Å². The molecule has 0 aliphatic carbocycles. The summed E-state index contributed by atoms with van der Waals surface area (Å²) >= 11 is 6.34. The Balaban J connectivity index is 2.16. The molecule has 2 aromatic carbocycles. The van der Waals surface area contributed by atoms with Gasteiger partial charge in [0.25, 0.3) is 0 Å². The summed E-state index contributed by atoms with van der Waals surface area (Å²) in [6, 6.07) is 11.4. The van der Waals surface area contributed by atoms with Crippen molar-refractivity contribution in [3.8, 4) is 23.8 Å². The molecular weight excluding hydrogens is 352 g/mol. The number of halogens is 1. The second-order valence-electron chi connectivity index (χ2n) is 5.39. The highest BCUT2D eigenvalue weighted by atomic mass is 35.5. The molecule has 0 N–H and O–H groups in total. The van der Waals surface area contributed by atoms with Crippen molar-refractivity contribution in [2.75, 3.05) is 13.7 Å². The molecule has 0 radical (unpaired) electrons. The molecule has 0 fully saturated rings. The van der Waals surface area contributed by atoms with E-state index in [1.807, 2.05) is 31.2 Å². The van der Waals surface area contributed by atoms with Crippen LogP contribution in [0.15, 0.2) is 42.5 Å². The summed E-state index contributed by atoms with van der Waals surface area (Å²) in [4.78, 5) is 11.5. The first-order valence-electron chi connectivity index (χ1n) is 7.88. The minimum atomic E-state index is -0.530. The second-order valence-corrected chi connectivity index (χ2v) is 5.80. The zero-order chi connectivity index (χ0) is 18.9. The first kappa shape index (κ1) is 19.4. The number of hydrogen-bond donors (Lipinski definition) is 0. The van der Waals surface area contributed by atoms with Crippen LogP contribution in [0.5, 0.6) is 11.5 Å². The van der Waals surface area contributed by atoms with Gasteiger partial charge < -0.3 is 14.2 Å². The van der Waals surface area contributed by atoms with E-state index in [9.17, 15) is 4.79 Å². The van der Waals surface area contributed by atoms with Gasteiger partial charge in [0, 0.05) is 6.08 Å². The maximum Gasteiger partial charge on any atom is 0.331 e. The van der Waals surface area contributed by atoms with E-state index in [2.05, 4.69) is 5.92 Å². The van der Waals surface area contributed by atoms with Gasteiger partial charge in [0.05, 0.1) is 12.1 Å². The minimum Gasteiger partial charge on any atom is -0.493 e. The molecule has 0 amide bonds. The van der Waals surface area contributed by atoms with Gasteiger partial charge in [-0.2, -0.15) is 0 Å². The normalized spacial score (nSPS) is 10.4. The van der Waals surface area contributed by atoms with E-state index in [0.717, 1.165) is 11.1 Å². The maximum absolute atomic E-state index is 11.5. The largest absolute Gasteiger partial charge is 0.493 e. The SMILES string of the molecule is C#CCOC(=O)/C=C/c1cc(Cl)c(OCc2ccccc2C)c(OC)c1. The Morgan fingerprint density at radius 2 is 2.08 bits per heavy atom. The van der Waals surface area contributed by atoms with Gasteiger partial charge in [0.1, 0.15) is 6.61 Å². The van der Waals surface area contributed by atoms with Crippen molar-refractivity contribution in [1.82, 2.24) is 0 Å². The van der Waals surface area contributed by atoms with Crippen LogP contribution in [0.25, 0.3) is 6.08 Å². The number of rotatable bonds is 7. The van der Waals surface area contributed by atoms with E-state index >= 15 is 0 Å². The molecule has 26 heavy (non-hydrogen) atoms. The molecule has 0 spiro atoms. The highest BCUT2D eigenvalue weighted by Gasteiger charge is 2.12. The van der Waals surface area contributed by atoms with Gasteiger partial charge in [0.15, 0.2) is 18.1 Å². The number of ether oxygens (including phenoxy) is 3. The lowest BCUT2D eigenvalue weighted by Crippen LogP contribution is -2.01. The summed E-state index contributed by atoms with van der Waals surface area (Å²) in [6.45, 7) is 2.32. The molecule has 0 aliphatic heterocycles. The van der Waals surface area contributed by atoms with Crippen molar-refractivity contribution in [2.45, 2.75) is 13.5 Å². The number of esters is 1. The number of aryl methyl sites for hydroxylation is 1. The highest BCUT2D eigenvalue weighted by molar-refractivity contribution is 6.32. The molecule has 134 valence electrons. The number of hydrogen-bond acceptors (Lipinski definition) is 4. The van der Waals surface area contributed by atoms with Crippen LogP contribution in [-0.4, -0.2) is 19.7 Å². The van der Waals surface area contributed by atoms with Crippen molar-refractivity contribution in [2.24, 2.45) is 0 Å². The van der Waals surface area contributed by atoms with Gasteiger partial charge in [-0.1, -0.05) is 41.8 Å². The standard InChI is InChI=1S/C21H19ClO4/c1-4-11-25-20(23)10-9-16-12-18(22)21(19(13-16)24-3)26-14-17-8-6-5-7-15(17)2/h1,5-10,12-13H,11,14H2,2-3H3/b10-9+. The molecule has 0 unspecified atom stereocenters. The Morgan fingerprint density at radius 3 is 2.77 bits per heavy atom. The fraction of sp³-hybridized carbons (Fsp3) is 0.190. The van der Waals surface area contributed by atoms with Gasteiger partial charge in [0.2, 0.25) is 0 Å². The van der Waals surface area contributed by atoms with E-state index in [0.29, 0.717) is 28.7 Å².